The summed E-state index contributed by atoms with van der Waals surface area (Å²) in [5.41, 5.74) is 0.392. The molecule has 1 aliphatic carbocycles. The minimum Gasteiger partial charge on any atom is -0.405 e. The maximum Gasteiger partial charge on any atom is 0.573 e. The smallest absolute Gasteiger partial charge is 0.405 e. The molecule has 2 rings (SSSR count). The molecular formula is C15H21F3IN3O. The van der Waals surface area contributed by atoms with Crippen molar-refractivity contribution in [3.8, 4) is 5.75 Å². The Bertz CT molecular complexity index is 519. The summed E-state index contributed by atoms with van der Waals surface area (Å²) in [6.45, 7) is 3.59. The number of aliphatic imine (C=N–C) groups is 1. The van der Waals surface area contributed by atoms with E-state index >= 15 is 0 Å². The fraction of sp³-hybridized carbons (Fsp3) is 0.533. The summed E-state index contributed by atoms with van der Waals surface area (Å²) in [7, 11) is 0. The molecule has 0 bridgehead atoms. The summed E-state index contributed by atoms with van der Waals surface area (Å²) >= 11 is 0. The predicted octanol–water partition coefficient (Wildman–Crippen LogP) is 3.67. The maximum absolute atomic E-state index is 12.4. The summed E-state index contributed by atoms with van der Waals surface area (Å²) in [5, 5.41) is 6.28. The van der Waals surface area contributed by atoms with Crippen LogP contribution in [0.1, 0.15) is 25.3 Å². The normalized spacial score (nSPS) is 14.9. The summed E-state index contributed by atoms with van der Waals surface area (Å²) in [4.78, 5) is 4.32. The molecule has 0 aliphatic heterocycles. The van der Waals surface area contributed by atoms with Crippen molar-refractivity contribution in [3.63, 3.8) is 0 Å². The summed E-state index contributed by atoms with van der Waals surface area (Å²) in [5.74, 6) is 1.08. The highest BCUT2D eigenvalue weighted by Gasteiger charge is 2.31. The second-order valence-electron chi connectivity index (χ2n) is 5.17. The molecule has 1 saturated carbocycles. The third-order valence-corrected chi connectivity index (χ3v) is 3.21. The van der Waals surface area contributed by atoms with Crippen LogP contribution in [0.4, 0.5) is 13.2 Å². The van der Waals surface area contributed by atoms with Crippen LogP contribution in [0, 0.1) is 5.92 Å². The van der Waals surface area contributed by atoms with E-state index in [0.717, 1.165) is 6.54 Å². The van der Waals surface area contributed by atoms with E-state index in [4.69, 9.17) is 0 Å². The van der Waals surface area contributed by atoms with Gasteiger partial charge in [-0.25, -0.2) is 4.99 Å². The van der Waals surface area contributed by atoms with Crippen molar-refractivity contribution in [3.05, 3.63) is 29.8 Å². The lowest BCUT2D eigenvalue weighted by Gasteiger charge is -2.13. The summed E-state index contributed by atoms with van der Waals surface area (Å²) < 4.78 is 41.1. The van der Waals surface area contributed by atoms with E-state index in [1.54, 1.807) is 12.1 Å². The third-order valence-electron chi connectivity index (χ3n) is 3.21. The molecule has 1 fully saturated rings. The van der Waals surface area contributed by atoms with Gasteiger partial charge in [0.25, 0.3) is 0 Å². The van der Waals surface area contributed by atoms with E-state index in [9.17, 15) is 13.2 Å². The Labute approximate surface area is 150 Å². The molecule has 0 saturated heterocycles. The lowest BCUT2D eigenvalue weighted by atomic mass is 10.2. The van der Waals surface area contributed by atoms with Crippen LogP contribution in [0.15, 0.2) is 29.3 Å². The van der Waals surface area contributed by atoms with Gasteiger partial charge < -0.3 is 15.4 Å². The molecule has 1 aromatic rings. The Morgan fingerprint density at radius 2 is 1.96 bits per heavy atom. The fourth-order valence-electron chi connectivity index (χ4n) is 1.93. The van der Waals surface area contributed by atoms with E-state index in [-0.39, 0.29) is 36.3 Å². The Morgan fingerprint density at radius 3 is 2.57 bits per heavy atom. The monoisotopic (exact) mass is 443 g/mol. The van der Waals surface area contributed by atoms with Crippen molar-refractivity contribution >= 4 is 29.9 Å². The molecule has 1 aliphatic rings. The van der Waals surface area contributed by atoms with Crippen molar-refractivity contribution in [2.45, 2.75) is 32.7 Å². The third kappa shape index (κ3) is 7.76. The standard InChI is InChI=1S/C15H20F3N3O.HI/c1-2-19-14(20-9-11-7-8-11)21-10-12-5-3-4-6-13(12)22-15(16,17)18;/h3-6,11H,2,7-10H2,1H3,(H2,19,20,21);1H. The van der Waals surface area contributed by atoms with Gasteiger partial charge in [0.15, 0.2) is 5.96 Å². The van der Waals surface area contributed by atoms with Crippen molar-refractivity contribution in [2.24, 2.45) is 10.9 Å². The molecule has 0 amide bonds. The van der Waals surface area contributed by atoms with Crippen LogP contribution in [0.3, 0.4) is 0 Å². The number of halogens is 4. The highest BCUT2D eigenvalue weighted by Crippen LogP contribution is 2.28. The number of guanidine groups is 1. The number of rotatable bonds is 6. The molecule has 130 valence electrons. The lowest BCUT2D eigenvalue weighted by molar-refractivity contribution is -0.274. The average Bonchev–Trinajstić information content (AvgIpc) is 3.26. The highest BCUT2D eigenvalue weighted by atomic mass is 127. The van der Waals surface area contributed by atoms with Crippen molar-refractivity contribution in [1.82, 2.24) is 10.6 Å². The number of benzene rings is 1. The largest absolute Gasteiger partial charge is 0.573 e. The zero-order chi connectivity index (χ0) is 16.0. The molecule has 0 heterocycles. The molecule has 0 unspecified atom stereocenters. The van der Waals surface area contributed by atoms with E-state index in [1.165, 1.54) is 25.0 Å². The first-order valence-electron chi connectivity index (χ1n) is 7.33. The Hall–Kier alpha value is -1.19. The van der Waals surface area contributed by atoms with Gasteiger partial charge in [-0.05, 0) is 31.7 Å². The average molecular weight is 443 g/mol. The van der Waals surface area contributed by atoms with Crippen LogP contribution in [0.2, 0.25) is 0 Å². The van der Waals surface area contributed by atoms with Crippen LogP contribution in [-0.4, -0.2) is 25.4 Å². The number of hydrogen-bond acceptors (Lipinski definition) is 2. The van der Waals surface area contributed by atoms with Gasteiger partial charge in [-0.1, -0.05) is 18.2 Å². The van der Waals surface area contributed by atoms with Gasteiger partial charge in [-0.15, -0.1) is 37.1 Å². The summed E-state index contributed by atoms with van der Waals surface area (Å²) in [6.07, 6.45) is -2.27. The number of para-hydroxylation sites is 1. The van der Waals surface area contributed by atoms with Crippen molar-refractivity contribution < 1.29 is 17.9 Å². The van der Waals surface area contributed by atoms with E-state index in [1.807, 2.05) is 6.92 Å². The van der Waals surface area contributed by atoms with Gasteiger partial charge in [0, 0.05) is 18.7 Å². The molecule has 0 aromatic heterocycles. The SMILES string of the molecule is CCNC(=NCc1ccccc1OC(F)(F)F)NCC1CC1.I. The van der Waals surface area contributed by atoms with E-state index in [0.29, 0.717) is 24.0 Å². The second-order valence-corrected chi connectivity index (χ2v) is 5.17. The first-order valence-corrected chi connectivity index (χ1v) is 7.33. The van der Waals surface area contributed by atoms with Crippen LogP contribution in [-0.2, 0) is 6.54 Å². The maximum atomic E-state index is 12.4. The van der Waals surface area contributed by atoms with Gasteiger partial charge in [-0.2, -0.15) is 0 Å². The van der Waals surface area contributed by atoms with Crippen LogP contribution < -0.4 is 15.4 Å². The van der Waals surface area contributed by atoms with Crippen LogP contribution in [0.5, 0.6) is 5.75 Å². The fourth-order valence-corrected chi connectivity index (χ4v) is 1.93. The van der Waals surface area contributed by atoms with Gasteiger partial charge in [0.2, 0.25) is 0 Å². The van der Waals surface area contributed by atoms with Crippen LogP contribution in [0.25, 0.3) is 0 Å². The zero-order valence-corrected chi connectivity index (χ0v) is 15.2. The predicted molar refractivity (Wildman–Crippen MR) is 94.1 cm³/mol. The number of nitrogens with zero attached hydrogens (tertiary/aromatic N) is 1. The minimum absolute atomic E-state index is 0. The Morgan fingerprint density at radius 1 is 1.26 bits per heavy atom. The second kappa shape index (κ2) is 9.19. The number of ether oxygens (including phenoxy) is 1. The number of hydrogen-bond donors (Lipinski definition) is 2. The van der Waals surface area contributed by atoms with E-state index < -0.39 is 6.36 Å². The van der Waals surface area contributed by atoms with Gasteiger partial charge >= 0.3 is 6.36 Å². The topological polar surface area (TPSA) is 45.7 Å². The van der Waals surface area contributed by atoms with Crippen LogP contribution >= 0.6 is 24.0 Å². The quantitative estimate of drug-likeness (QED) is 0.401. The Balaban J connectivity index is 0.00000264. The first-order chi connectivity index (χ1) is 10.5. The van der Waals surface area contributed by atoms with Crippen molar-refractivity contribution in [1.29, 1.82) is 0 Å². The molecule has 2 N–H and O–H groups in total. The molecule has 4 nitrogen and oxygen atoms in total. The lowest BCUT2D eigenvalue weighted by Crippen LogP contribution is -2.38. The highest BCUT2D eigenvalue weighted by molar-refractivity contribution is 14.0. The minimum atomic E-state index is -4.70. The summed E-state index contributed by atoms with van der Waals surface area (Å²) in [6, 6.07) is 6.04. The molecule has 0 atom stereocenters. The van der Waals surface area contributed by atoms with Gasteiger partial charge in [0.05, 0.1) is 6.54 Å². The molecular weight excluding hydrogens is 422 g/mol. The molecule has 0 spiro atoms. The number of nitrogens with one attached hydrogen (secondary N) is 2. The van der Waals surface area contributed by atoms with E-state index in [2.05, 4.69) is 20.4 Å². The number of alkyl halides is 3. The van der Waals surface area contributed by atoms with Crippen molar-refractivity contribution in [2.75, 3.05) is 13.1 Å². The van der Waals surface area contributed by atoms with Gasteiger partial charge in [-0.3, -0.25) is 0 Å². The molecule has 23 heavy (non-hydrogen) atoms. The molecule has 1 aromatic carbocycles. The first kappa shape index (κ1) is 19.9. The molecule has 8 heteroatoms. The van der Waals surface area contributed by atoms with Gasteiger partial charge in [0.1, 0.15) is 5.75 Å². The Kier molecular flexibility index (Phi) is 7.93. The molecule has 0 radical (unpaired) electrons. The zero-order valence-electron chi connectivity index (χ0n) is 12.8.